The number of alkyl halides is 3. The molecule has 0 fully saturated rings. The van der Waals surface area contributed by atoms with Crippen LogP contribution in [0.5, 0.6) is 0 Å². The van der Waals surface area contributed by atoms with Crippen LogP contribution in [0.15, 0.2) is 47.7 Å². The number of aromatic nitrogens is 4. The topological polar surface area (TPSA) is 77.1 Å². The van der Waals surface area contributed by atoms with Gasteiger partial charge in [0.25, 0.3) is 5.91 Å². The summed E-state index contributed by atoms with van der Waals surface area (Å²) in [5.41, 5.74) is 4.42. The molecule has 0 saturated carbocycles. The van der Waals surface area contributed by atoms with E-state index in [4.69, 9.17) is 0 Å². The molecule has 0 aliphatic heterocycles. The third-order valence-electron chi connectivity index (χ3n) is 3.97. The summed E-state index contributed by atoms with van der Waals surface area (Å²) in [6, 6.07) is 10.4. The second-order valence-electron chi connectivity index (χ2n) is 6.02. The van der Waals surface area contributed by atoms with Gasteiger partial charge in [-0.1, -0.05) is 18.2 Å². The van der Waals surface area contributed by atoms with E-state index in [0.717, 1.165) is 39.6 Å². The van der Waals surface area contributed by atoms with Gasteiger partial charge >= 0.3 is 6.18 Å². The molecule has 0 bridgehead atoms. The molecule has 0 saturated heterocycles. The molecule has 3 aromatic rings. The van der Waals surface area contributed by atoms with Crippen molar-refractivity contribution in [1.82, 2.24) is 25.0 Å². The predicted molar refractivity (Wildman–Crippen MR) is 96.0 cm³/mol. The van der Waals surface area contributed by atoms with Crippen molar-refractivity contribution in [3.05, 3.63) is 65.2 Å². The third kappa shape index (κ3) is 4.27. The lowest BCUT2D eigenvalue weighted by atomic mass is 10.2. The number of para-hydroxylation sites is 1. The van der Waals surface area contributed by atoms with Crippen LogP contribution in [0.4, 0.5) is 13.2 Å². The first-order valence-electron chi connectivity index (χ1n) is 8.30. The maximum absolute atomic E-state index is 12.5. The van der Waals surface area contributed by atoms with E-state index < -0.39 is 17.8 Å². The first-order chi connectivity index (χ1) is 13.3. The van der Waals surface area contributed by atoms with E-state index in [1.54, 1.807) is 4.68 Å². The molecule has 28 heavy (non-hydrogen) atoms. The Hall–Kier alpha value is -3.43. The molecule has 1 N–H and O–H groups in total. The van der Waals surface area contributed by atoms with E-state index in [-0.39, 0.29) is 6.54 Å². The number of halogens is 3. The average molecular weight is 390 g/mol. The standard InChI is InChI=1S/C18H17F3N6O/c1-12-15(13(2)27(24-12)14-6-4-3-5-7-14)10-22-23-17(28)11-26-9-8-16(25-26)18(19,20)21/h3-10H,11H2,1-2H3,(H,23,28). The van der Waals surface area contributed by atoms with Crippen LogP contribution in [0.1, 0.15) is 22.6 Å². The zero-order valence-corrected chi connectivity index (χ0v) is 15.1. The second-order valence-corrected chi connectivity index (χ2v) is 6.02. The monoisotopic (exact) mass is 390 g/mol. The highest BCUT2D eigenvalue weighted by Crippen LogP contribution is 2.27. The van der Waals surface area contributed by atoms with Crippen LogP contribution in [0, 0.1) is 13.8 Å². The predicted octanol–water partition coefficient (Wildman–Crippen LogP) is 2.85. The average Bonchev–Trinajstić information content (AvgIpc) is 3.22. The van der Waals surface area contributed by atoms with Gasteiger partial charge in [-0.15, -0.1) is 0 Å². The number of carbonyl (C=O) groups is 1. The molecule has 0 unspecified atom stereocenters. The number of aryl methyl sites for hydroxylation is 1. The Morgan fingerprint density at radius 3 is 2.54 bits per heavy atom. The summed E-state index contributed by atoms with van der Waals surface area (Å²) in [5, 5.41) is 11.7. The van der Waals surface area contributed by atoms with Crippen molar-refractivity contribution >= 4 is 12.1 Å². The lowest BCUT2D eigenvalue weighted by molar-refractivity contribution is -0.141. The quantitative estimate of drug-likeness (QED) is 0.538. The Morgan fingerprint density at radius 2 is 1.89 bits per heavy atom. The molecule has 0 spiro atoms. The van der Waals surface area contributed by atoms with Gasteiger partial charge in [0.05, 0.1) is 23.3 Å². The largest absolute Gasteiger partial charge is 0.435 e. The van der Waals surface area contributed by atoms with E-state index in [1.807, 2.05) is 44.2 Å². The minimum Gasteiger partial charge on any atom is -0.271 e. The van der Waals surface area contributed by atoms with Gasteiger partial charge in [-0.3, -0.25) is 9.48 Å². The third-order valence-corrected chi connectivity index (χ3v) is 3.97. The molecular formula is C18H17F3N6O. The number of hydrogen-bond donors (Lipinski definition) is 1. The Kier molecular flexibility index (Phi) is 5.30. The van der Waals surface area contributed by atoms with Gasteiger partial charge in [0, 0.05) is 11.8 Å². The van der Waals surface area contributed by atoms with Gasteiger partial charge in [-0.05, 0) is 32.0 Å². The zero-order chi connectivity index (χ0) is 20.3. The van der Waals surface area contributed by atoms with Crippen molar-refractivity contribution in [3.8, 4) is 5.69 Å². The molecule has 7 nitrogen and oxygen atoms in total. The molecule has 1 aromatic carbocycles. The number of carbonyl (C=O) groups excluding carboxylic acids is 1. The van der Waals surface area contributed by atoms with E-state index in [9.17, 15) is 18.0 Å². The van der Waals surface area contributed by atoms with Crippen molar-refractivity contribution in [1.29, 1.82) is 0 Å². The van der Waals surface area contributed by atoms with Crippen LogP contribution in [-0.2, 0) is 17.5 Å². The highest BCUT2D eigenvalue weighted by atomic mass is 19.4. The Bertz CT molecular complexity index is 1000. The maximum Gasteiger partial charge on any atom is 0.435 e. The molecule has 1 amide bonds. The van der Waals surface area contributed by atoms with Crippen LogP contribution >= 0.6 is 0 Å². The summed E-state index contributed by atoms with van der Waals surface area (Å²) < 4.78 is 40.2. The van der Waals surface area contributed by atoms with E-state index in [0.29, 0.717) is 0 Å². The van der Waals surface area contributed by atoms with Gasteiger partial charge in [0.2, 0.25) is 0 Å². The lowest BCUT2D eigenvalue weighted by Crippen LogP contribution is -2.24. The zero-order valence-electron chi connectivity index (χ0n) is 15.1. The SMILES string of the molecule is Cc1nn(-c2ccccc2)c(C)c1C=NNC(=O)Cn1ccc(C(F)(F)F)n1. The van der Waals surface area contributed by atoms with Gasteiger partial charge < -0.3 is 0 Å². The van der Waals surface area contributed by atoms with Gasteiger partial charge in [-0.2, -0.15) is 28.5 Å². The van der Waals surface area contributed by atoms with Crippen LogP contribution < -0.4 is 5.43 Å². The first-order valence-corrected chi connectivity index (χ1v) is 8.30. The highest BCUT2D eigenvalue weighted by Gasteiger charge is 2.33. The van der Waals surface area contributed by atoms with Crippen LogP contribution in [-0.4, -0.2) is 31.7 Å². The van der Waals surface area contributed by atoms with Gasteiger partial charge in [-0.25, -0.2) is 10.1 Å². The fraction of sp³-hybridized carbons (Fsp3) is 0.222. The molecule has 2 heterocycles. The number of hydrazone groups is 1. The summed E-state index contributed by atoms with van der Waals surface area (Å²) in [7, 11) is 0. The minimum absolute atomic E-state index is 0.380. The number of nitrogens with zero attached hydrogens (tertiary/aromatic N) is 5. The first kappa shape index (κ1) is 19.3. The highest BCUT2D eigenvalue weighted by molar-refractivity contribution is 5.84. The number of rotatable bonds is 5. The van der Waals surface area contributed by atoms with Crippen molar-refractivity contribution in [2.75, 3.05) is 0 Å². The van der Waals surface area contributed by atoms with E-state index >= 15 is 0 Å². The summed E-state index contributed by atoms with van der Waals surface area (Å²) in [6.07, 6.45) is -2.00. The number of hydrogen-bond acceptors (Lipinski definition) is 4. The fourth-order valence-corrected chi connectivity index (χ4v) is 2.61. The Labute approximate surface area is 158 Å². The van der Waals surface area contributed by atoms with Crippen LogP contribution in [0.25, 0.3) is 5.69 Å². The minimum atomic E-state index is -4.55. The Balaban J connectivity index is 1.65. The van der Waals surface area contributed by atoms with Crippen molar-refractivity contribution in [2.24, 2.45) is 5.10 Å². The van der Waals surface area contributed by atoms with Crippen molar-refractivity contribution in [3.63, 3.8) is 0 Å². The molecule has 0 aliphatic rings. The van der Waals surface area contributed by atoms with Crippen LogP contribution in [0.3, 0.4) is 0 Å². The number of amides is 1. The van der Waals surface area contributed by atoms with Crippen molar-refractivity contribution in [2.45, 2.75) is 26.6 Å². The number of benzene rings is 1. The van der Waals surface area contributed by atoms with Crippen molar-refractivity contribution < 1.29 is 18.0 Å². The van der Waals surface area contributed by atoms with Gasteiger partial charge in [0.1, 0.15) is 6.54 Å². The molecule has 146 valence electrons. The molecule has 3 rings (SSSR count). The maximum atomic E-state index is 12.5. The molecule has 2 aromatic heterocycles. The smallest absolute Gasteiger partial charge is 0.271 e. The van der Waals surface area contributed by atoms with E-state index in [2.05, 4.69) is 20.7 Å². The second kappa shape index (κ2) is 7.67. The van der Waals surface area contributed by atoms with Gasteiger partial charge in [0.15, 0.2) is 5.69 Å². The molecule has 0 aliphatic carbocycles. The molecule has 10 heteroatoms. The summed E-state index contributed by atoms with van der Waals surface area (Å²) >= 11 is 0. The Morgan fingerprint density at radius 1 is 1.18 bits per heavy atom. The molecule has 0 radical (unpaired) electrons. The summed E-state index contributed by atoms with van der Waals surface area (Å²) in [5.74, 6) is -0.598. The lowest BCUT2D eigenvalue weighted by Gasteiger charge is -2.04. The summed E-state index contributed by atoms with van der Waals surface area (Å²) in [4.78, 5) is 11.9. The fourth-order valence-electron chi connectivity index (χ4n) is 2.61. The van der Waals surface area contributed by atoms with Crippen LogP contribution in [0.2, 0.25) is 0 Å². The normalized spacial score (nSPS) is 11.9. The molecule has 0 atom stereocenters. The number of nitrogens with one attached hydrogen (secondary N) is 1. The molecular weight excluding hydrogens is 373 g/mol. The van der Waals surface area contributed by atoms with E-state index in [1.165, 1.54) is 6.21 Å². The summed E-state index contributed by atoms with van der Waals surface area (Å²) in [6.45, 7) is 3.31.